The Morgan fingerprint density at radius 2 is 1.56 bits per heavy atom. The first-order chi connectivity index (χ1) is 8.74. The Kier molecular flexibility index (Phi) is 6.10. The lowest BCUT2D eigenvalue weighted by Crippen LogP contribution is -2.10. The van der Waals surface area contributed by atoms with Crippen molar-refractivity contribution in [2.24, 2.45) is 0 Å². The molecule has 1 aromatic carbocycles. The lowest BCUT2D eigenvalue weighted by molar-refractivity contribution is 0.201. The minimum Gasteiger partial charge on any atom is -0.492 e. The van der Waals surface area contributed by atoms with Gasteiger partial charge in [0.05, 0.1) is 25.5 Å². The SMILES string of the molecule is CCONc1c(N)ccc(OCC)c1NOCC. The van der Waals surface area contributed by atoms with Gasteiger partial charge in [-0.15, -0.1) is 0 Å². The van der Waals surface area contributed by atoms with Crippen molar-refractivity contribution in [3.63, 3.8) is 0 Å². The zero-order chi connectivity index (χ0) is 13.4. The monoisotopic (exact) mass is 255 g/mol. The van der Waals surface area contributed by atoms with Gasteiger partial charge in [0.15, 0.2) is 0 Å². The van der Waals surface area contributed by atoms with Crippen LogP contribution in [-0.2, 0) is 9.68 Å². The topological polar surface area (TPSA) is 77.8 Å². The number of nitrogens with one attached hydrogen (secondary N) is 2. The highest BCUT2D eigenvalue weighted by Crippen LogP contribution is 2.37. The van der Waals surface area contributed by atoms with E-state index in [2.05, 4.69) is 11.0 Å². The largest absolute Gasteiger partial charge is 0.492 e. The number of anilines is 3. The Hall–Kier alpha value is -1.66. The molecule has 1 aromatic rings. The molecule has 6 nitrogen and oxygen atoms in total. The van der Waals surface area contributed by atoms with Crippen molar-refractivity contribution in [3.05, 3.63) is 12.1 Å². The first kappa shape index (κ1) is 14.4. The molecular weight excluding hydrogens is 234 g/mol. The molecule has 0 heterocycles. The van der Waals surface area contributed by atoms with Crippen molar-refractivity contribution in [1.29, 1.82) is 0 Å². The number of ether oxygens (including phenoxy) is 1. The van der Waals surface area contributed by atoms with Gasteiger partial charge in [0.25, 0.3) is 0 Å². The Bertz CT molecular complexity index is 372. The van der Waals surface area contributed by atoms with Crippen molar-refractivity contribution >= 4 is 17.1 Å². The van der Waals surface area contributed by atoms with Crippen LogP contribution in [-0.4, -0.2) is 19.8 Å². The second kappa shape index (κ2) is 7.62. The summed E-state index contributed by atoms with van der Waals surface area (Å²) in [5.74, 6) is 0.655. The second-order valence-corrected chi connectivity index (χ2v) is 3.41. The van der Waals surface area contributed by atoms with Crippen LogP contribution in [0.25, 0.3) is 0 Å². The van der Waals surface area contributed by atoms with E-state index in [0.29, 0.717) is 42.6 Å². The van der Waals surface area contributed by atoms with Crippen molar-refractivity contribution in [2.75, 3.05) is 36.5 Å². The molecule has 0 aliphatic heterocycles. The average Bonchev–Trinajstić information content (AvgIpc) is 2.38. The molecule has 0 saturated heterocycles. The molecule has 0 spiro atoms. The van der Waals surface area contributed by atoms with Gasteiger partial charge in [0.2, 0.25) is 0 Å². The molecule has 102 valence electrons. The molecular formula is C12H21N3O3. The highest BCUT2D eigenvalue weighted by Gasteiger charge is 2.13. The molecule has 0 saturated carbocycles. The predicted octanol–water partition coefficient (Wildman–Crippen LogP) is 2.39. The summed E-state index contributed by atoms with van der Waals surface area (Å²) in [5, 5.41) is 0. The minimum atomic E-state index is 0.520. The Balaban J connectivity index is 3.04. The first-order valence-corrected chi connectivity index (χ1v) is 6.05. The minimum absolute atomic E-state index is 0.520. The Morgan fingerprint density at radius 1 is 0.944 bits per heavy atom. The van der Waals surface area contributed by atoms with Crippen LogP contribution in [0.15, 0.2) is 12.1 Å². The zero-order valence-electron chi connectivity index (χ0n) is 11.1. The number of hydrogen-bond acceptors (Lipinski definition) is 6. The quantitative estimate of drug-likeness (QED) is 0.489. The fourth-order valence-electron chi connectivity index (χ4n) is 1.38. The highest BCUT2D eigenvalue weighted by molar-refractivity contribution is 5.84. The molecule has 0 aliphatic carbocycles. The third-order valence-electron chi connectivity index (χ3n) is 2.14. The van der Waals surface area contributed by atoms with Gasteiger partial charge in [-0.25, -0.2) is 0 Å². The fourth-order valence-corrected chi connectivity index (χ4v) is 1.38. The number of nitrogen functional groups attached to an aromatic ring is 1. The highest BCUT2D eigenvalue weighted by atomic mass is 16.7. The lowest BCUT2D eigenvalue weighted by atomic mass is 10.2. The summed E-state index contributed by atoms with van der Waals surface area (Å²) in [6, 6.07) is 3.54. The average molecular weight is 255 g/mol. The molecule has 6 heteroatoms. The van der Waals surface area contributed by atoms with Gasteiger partial charge in [0, 0.05) is 0 Å². The normalized spacial score (nSPS) is 10.2. The summed E-state index contributed by atoms with van der Waals surface area (Å²) >= 11 is 0. The van der Waals surface area contributed by atoms with Gasteiger partial charge in [-0.3, -0.25) is 20.6 Å². The van der Waals surface area contributed by atoms with E-state index in [9.17, 15) is 0 Å². The van der Waals surface area contributed by atoms with Gasteiger partial charge < -0.3 is 10.5 Å². The molecule has 0 bridgehead atoms. The van der Waals surface area contributed by atoms with Gasteiger partial charge in [0.1, 0.15) is 17.1 Å². The van der Waals surface area contributed by atoms with Crippen molar-refractivity contribution in [1.82, 2.24) is 0 Å². The maximum atomic E-state index is 5.91. The van der Waals surface area contributed by atoms with Gasteiger partial charge in [-0.05, 0) is 32.9 Å². The van der Waals surface area contributed by atoms with Crippen LogP contribution < -0.4 is 21.4 Å². The van der Waals surface area contributed by atoms with E-state index in [-0.39, 0.29) is 0 Å². The van der Waals surface area contributed by atoms with E-state index >= 15 is 0 Å². The summed E-state index contributed by atoms with van der Waals surface area (Å²) in [5.41, 5.74) is 13.3. The van der Waals surface area contributed by atoms with Crippen LogP contribution in [0.5, 0.6) is 5.75 Å². The molecule has 0 aromatic heterocycles. The third-order valence-corrected chi connectivity index (χ3v) is 2.14. The summed E-state index contributed by atoms with van der Waals surface area (Å²) in [6.45, 7) is 7.27. The molecule has 4 N–H and O–H groups in total. The van der Waals surface area contributed by atoms with Crippen LogP contribution in [0.3, 0.4) is 0 Å². The summed E-state index contributed by atoms with van der Waals surface area (Å²) in [4.78, 5) is 10.4. The zero-order valence-corrected chi connectivity index (χ0v) is 11.1. The van der Waals surface area contributed by atoms with E-state index in [1.165, 1.54) is 0 Å². The van der Waals surface area contributed by atoms with E-state index in [1.54, 1.807) is 12.1 Å². The van der Waals surface area contributed by atoms with Crippen LogP contribution in [0.2, 0.25) is 0 Å². The van der Waals surface area contributed by atoms with E-state index in [4.69, 9.17) is 20.1 Å². The molecule has 0 unspecified atom stereocenters. The van der Waals surface area contributed by atoms with Crippen molar-refractivity contribution in [3.8, 4) is 5.75 Å². The molecule has 0 fully saturated rings. The third kappa shape index (κ3) is 3.68. The lowest BCUT2D eigenvalue weighted by Gasteiger charge is -2.18. The van der Waals surface area contributed by atoms with Crippen LogP contribution in [0, 0.1) is 0 Å². The van der Waals surface area contributed by atoms with Crippen LogP contribution >= 0.6 is 0 Å². The molecule has 0 atom stereocenters. The predicted molar refractivity (Wildman–Crippen MR) is 72.5 cm³/mol. The van der Waals surface area contributed by atoms with Gasteiger partial charge >= 0.3 is 0 Å². The number of rotatable bonds is 8. The summed E-state index contributed by atoms with van der Waals surface area (Å²) in [6.07, 6.45) is 0. The van der Waals surface area contributed by atoms with Crippen molar-refractivity contribution < 1.29 is 14.4 Å². The Labute approximate surface area is 107 Å². The Morgan fingerprint density at radius 3 is 2.11 bits per heavy atom. The van der Waals surface area contributed by atoms with Crippen LogP contribution in [0.4, 0.5) is 17.1 Å². The number of nitrogens with two attached hydrogens (primary N) is 1. The van der Waals surface area contributed by atoms with E-state index in [1.807, 2.05) is 20.8 Å². The standard InChI is InChI=1S/C12H21N3O3/c1-4-16-10-8-7-9(13)11(14-17-5-2)12(10)15-18-6-3/h7-8,14-15H,4-6,13H2,1-3H3. The number of hydrogen-bond donors (Lipinski definition) is 3. The molecule has 0 amide bonds. The summed E-state index contributed by atoms with van der Waals surface area (Å²) < 4.78 is 5.52. The van der Waals surface area contributed by atoms with Gasteiger partial charge in [-0.1, -0.05) is 0 Å². The maximum Gasteiger partial charge on any atom is 0.147 e. The van der Waals surface area contributed by atoms with Gasteiger partial charge in [-0.2, -0.15) is 0 Å². The number of benzene rings is 1. The van der Waals surface area contributed by atoms with E-state index < -0.39 is 0 Å². The molecule has 0 aliphatic rings. The molecule has 1 rings (SSSR count). The van der Waals surface area contributed by atoms with Crippen LogP contribution in [0.1, 0.15) is 20.8 Å². The maximum absolute atomic E-state index is 5.91. The second-order valence-electron chi connectivity index (χ2n) is 3.41. The summed E-state index contributed by atoms with van der Waals surface area (Å²) in [7, 11) is 0. The van der Waals surface area contributed by atoms with Crippen molar-refractivity contribution in [2.45, 2.75) is 20.8 Å². The van der Waals surface area contributed by atoms with E-state index in [0.717, 1.165) is 0 Å². The molecule has 0 radical (unpaired) electrons. The molecule has 18 heavy (non-hydrogen) atoms. The smallest absolute Gasteiger partial charge is 0.147 e. The first-order valence-electron chi connectivity index (χ1n) is 6.05. The fraction of sp³-hybridized carbons (Fsp3) is 0.500.